The van der Waals surface area contributed by atoms with Crippen molar-refractivity contribution in [1.29, 1.82) is 5.26 Å². The zero-order chi connectivity index (χ0) is 16.1. The highest BCUT2D eigenvalue weighted by Crippen LogP contribution is 2.34. The molecule has 6 nitrogen and oxygen atoms in total. The van der Waals surface area contributed by atoms with Gasteiger partial charge >= 0.3 is 0 Å². The summed E-state index contributed by atoms with van der Waals surface area (Å²) in [5, 5.41) is 11.6. The first-order chi connectivity index (χ1) is 11.3. The molecule has 0 aliphatic carbocycles. The van der Waals surface area contributed by atoms with Crippen LogP contribution < -0.4 is 19.5 Å². The van der Waals surface area contributed by atoms with Crippen LogP contribution in [0.5, 0.6) is 17.2 Å². The van der Waals surface area contributed by atoms with Crippen molar-refractivity contribution >= 4 is 5.91 Å². The fraction of sp³-hybridized carbons (Fsp3) is 0.176. The van der Waals surface area contributed by atoms with Crippen LogP contribution in [0, 0.1) is 11.3 Å². The van der Waals surface area contributed by atoms with Crippen molar-refractivity contribution in [3.05, 3.63) is 53.6 Å². The van der Waals surface area contributed by atoms with Crippen LogP contribution in [0.1, 0.15) is 15.9 Å². The Bertz CT molecular complexity index is 767. The highest BCUT2D eigenvalue weighted by molar-refractivity contribution is 5.94. The van der Waals surface area contributed by atoms with Crippen molar-refractivity contribution in [1.82, 2.24) is 5.32 Å². The van der Waals surface area contributed by atoms with Crippen LogP contribution in [0.15, 0.2) is 42.5 Å². The largest absolute Gasteiger partial charge is 0.492 e. The van der Waals surface area contributed by atoms with E-state index in [-0.39, 0.29) is 12.7 Å². The molecule has 0 bridgehead atoms. The number of rotatable bonds is 5. The molecule has 116 valence electrons. The minimum atomic E-state index is -0.239. The van der Waals surface area contributed by atoms with E-state index in [4.69, 9.17) is 19.5 Å². The molecule has 3 rings (SSSR count). The monoisotopic (exact) mass is 310 g/mol. The molecule has 0 radical (unpaired) electrons. The minimum Gasteiger partial charge on any atom is -0.492 e. The molecule has 2 aromatic rings. The fourth-order valence-electron chi connectivity index (χ4n) is 2.13. The molecule has 1 N–H and O–H groups in total. The number of nitrogens with one attached hydrogen (secondary N) is 1. The minimum absolute atomic E-state index is 0.219. The number of carbonyl (C=O) groups is 1. The number of carbonyl (C=O) groups excluding carboxylic acids is 1. The Hall–Kier alpha value is -3.20. The molecule has 0 saturated heterocycles. The number of benzene rings is 2. The standard InChI is InChI=1S/C17H14N2O4/c18-10-12-2-1-3-13(8-12)17(20)19-6-7-21-14-4-5-15-16(9-14)23-11-22-15/h1-5,8-9H,6-7,11H2,(H,19,20). The Morgan fingerprint density at radius 2 is 2.09 bits per heavy atom. The van der Waals surface area contributed by atoms with Gasteiger partial charge in [-0.05, 0) is 30.3 Å². The lowest BCUT2D eigenvalue weighted by Gasteiger charge is -2.08. The van der Waals surface area contributed by atoms with Crippen LogP contribution >= 0.6 is 0 Å². The van der Waals surface area contributed by atoms with Crippen molar-refractivity contribution in [2.75, 3.05) is 19.9 Å². The lowest BCUT2D eigenvalue weighted by molar-refractivity contribution is 0.0947. The Morgan fingerprint density at radius 1 is 1.22 bits per heavy atom. The van der Waals surface area contributed by atoms with Gasteiger partial charge in [-0.15, -0.1) is 0 Å². The number of fused-ring (bicyclic) bond motifs is 1. The van der Waals surface area contributed by atoms with Gasteiger partial charge in [0.1, 0.15) is 12.4 Å². The normalized spacial score (nSPS) is 11.6. The van der Waals surface area contributed by atoms with Crippen LogP contribution in [0.2, 0.25) is 0 Å². The van der Waals surface area contributed by atoms with E-state index in [1.165, 1.54) is 0 Å². The average Bonchev–Trinajstić information content (AvgIpc) is 3.06. The summed E-state index contributed by atoms with van der Waals surface area (Å²) in [5.41, 5.74) is 0.904. The second kappa shape index (κ2) is 6.71. The van der Waals surface area contributed by atoms with Crippen molar-refractivity contribution in [3.63, 3.8) is 0 Å². The predicted molar refractivity (Wildman–Crippen MR) is 81.6 cm³/mol. The first-order valence-electron chi connectivity index (χ1n) is 7.07. The lowest BCUT2D eigenvalue weighted by atomic mass is 10.1. The quantitative estimate of drug-likeness (QED) is 0.855. The molecule has 1 aliphatic rings. The van der Waals surface area contributed by atoms with Crippen LogP contribution in [0.3, 0.4) is 0 Å². The molecule has 0 saturated carbocycles. The van der Waals surface area contributed by atoms with Crippen molar-refractivity contribution < 1.29 is 19.0 Å². The maximum absolute atomic E-state index is 12.0. The average molecular weight is 310 g/mol. The molecule has 6 heteroatoms. The Balaban J connectivity index is 1.48. The van der Waals surface area contributed by atoms with E-state index in [9.17, 15) is 4.79 Å². The topological polar surface area (TPSA) is 80.6 Å². The zero-order valence-electron chi connectivity index (χ0n) is 12.2. The molecular weight excluding hydrogens is 296 g/mol. The van der Waals surface area contributed by atoms with Crippen LogP contribution in [-0.2, 0) is 0 Å². The van der Waals surface area contributed by atoms with Gasteiger partial charge in [0.15, 0.2) is 11.5 Å². The van der Waals surface area contributed by atoms with Gasteiger partial charge in [-0.2, -0.15) is 5.26 Å². The summed E-state index contributed by atoms with van der Waals surface area (Å²) in [6.45, 7) is 0.893. The number of ether oxygens (including phenoxy) is 3. The molecule has 23 heavy (non-hydrogen) atoms. The molecule has 0 spiro atoms. The first kappa shape index (κ1) is 14.7. The fourth-order valence-corrected chi connectivity index (χ4v) is 2.13. The smallest absolute Gasteiger partial charge is 0.251 e. The van der Waals surface area contributed by atoms with Gasteiger partial charge < -0.3 is 19.5 Å². The van der Waals surface area contributed by atoms with Gasteiger partial charge in [-0.1, -0.05) is 6.07 Å². The van der Waals surface area contributed by atoms with E-state index in [2.05, 4.69) is 5.32 Å². The summed E-state index contributed by atoms with van der Waals surface area (Å²) < 4.78 is 16.0. The summed E-state index contributed by atoms with van der Waals surface area (Å²) in [4.78, 5) is 12.0. The van der Waals surface area contributed by atoms with E-state index in [1.54, 1.807) is 42.5 Å². The predicted octanol–water partition coefficient (Wildman–Crippen LogP) is 2.10. The van der Waals surface area contributed by atoms with Gasteiger partial charge in [0.2, 0.25) is 6.79 Å². The van der Waals surface area contributed by atoms with E-state index < -0.39 is 0 Å². The molecule has 2 aromatic carbocycles. The third kappa shape index (κ3) is 3.52. The summed E-state index contributed by atoms with van der Waals surface area (Å²) >= 11 is 0. The van der Waals surface area contributed by atoms with Crippen molar-refractivity contribution in [2.45, 2.75) is 0 Å². The Morgan fingerprint density at radius 3 is 2.96 bits per heavy atom. The van der Waals surface area contributed by atoms with E-state index in [1.807, 2.05) is 6.07 Å². The van der Waals surface area contributed by atoms with Crippen LogP contribution in [-0.4, -0.2) is 25.9 Å². The SMILES string of the molecule is N#Cc1cccc(C(=O)NCCOc2ccc3c(c2)OCO3)c1. The molecule has 1 amide bonds. The van der Waals surface area contributed by atoms with Gasteiger partial charge in [0.25, 0.3) is 5.91 Å². The summed E-state index contributed by atoms with van der Waals surface area (Å²) in [6, 6.07) is 13.9. The third-order valence-corrected chi connectivity index (χ3v) is 3.25. The molecule has 0 fully saturated rings. The zero-order valence-corrected chi connectivity index (χ0v) is 12.2. The number of hydrogen-bond acceptors (Lipinski definition) is 5. The van der Waals surface area contributed by atoms with Gasteiger partial charge in [0.05, 0.1) is 18.2 Å². The maximum Gasteiger partial charge on any atom is 0.251 e. The molecule has 0 atom stereocenters. The molecule has 1 heterocycles. The molecule has 0 aromatic heterocycles. The summed E-state index contributed by atoms with van der Waals surface area (Å²) in [7, 11) is 0. The number of nitrogens with zero attached hydrogens (tertiary/aromatic N) is 1. The molecule has 1 aliphatic heterocycles. The Labute approximate surface area is 133 Å². The number of nitriles is 1. The van der Waals surface area contributed by atoms with E-state index >= 15 is 0 Å². The lowest BCUT2D eigenvalue weighted by Crippen LogP contribution is -2.28. The van der Waals surface area contributed by atoms with E-state index in [0.29, 0.717) is 41.5 Å². The van der Waals surface area contributed by atoms with Crippen LogP contribution in [0.25, 0.3) is 0 Å². The number of amides is 1. The third-order valence-electron chi connectivity index (χ3n) is 3.25. The van der Waals surface area contributed by atoms with Crippen molar-refractivity contribution in [3.8, 4) is 23.3 Å². The Kier molecular flexibility index (Phi) is 4.29. The highest BCUT2D eigenvalue weighted by Gasteiger charge is 2.13. The second-order valence-electron chi connectivity index (χ2n) is 4.81. The molecular formula is C17H14N2O4. The van der Waals surface area contributed by atoms with Crippen molar-refractivity contribution in [2.24, 2.45) is 0 Å². The maximum atomic E-state index is 12.0. The second-order valence-corrected chi connectivity index (χ2v) is 4.81. The van der Waals surface area contributed by atoms with E-state index in [0.717, 1.165) is 0 Å². The first-order valence-corrected chi connectivity index (χ1v) is 7.07. The van der Waals surface area contributed by atoms with Gasteiger partial charge in [-0.3, -0.25) is 4.79 Å². The van der Waals surface area contributed by atoms with Gasteiger partial charge in [-0.25, -0.2) is 0 Å². The van der Waals surface area contributed by atoms with Gasteiger partial charge in [0, 0.05) is 11.6 Å². The molecule has 0 unspecified atom stereocenters. The summed E-state index contributed by atoms with van der Waals surface area (Å²) in [6.07, 6.45) is 0. The highest BCUT2D eigenvalue weighted by atomic mass is 16.7. The number of hydrogen-bond donors (Lipinski definition) is 1. The summed E-state index contributed by atoms with van der Waals surface area (Å²) in [5.74, 6) is 1.76. The van der Waals surface area contributed by atoms with Crippen LogP contribution in [0.4, 0.5) is 0 Å².